The fraction of sp³-hybridized carbons (Fsp3) is 0.333. The summed E-state index contributed by atoms with van der Waals surface area (Å²) in [6, 6.07) is 3.97. The van der Waals surface area contributed by atoms with Crippen LogP contribution in [0.2, 0.25) is 0 Å². The molecule has 1 unspecified atom stereocenters. The van der Waals surface area contributed by atoms with E-state index in [4.69, 9.17) is 0 Å². The predicted octanol–water partition coefficient (Wildman–Crippen LogP) is 2.08. The third-order valence-corrected chi connectivity index (χ3v) is 4.79. The van der Waals surface area contributed by atoms with Gasteiger partial charge in [-0.3, -0.25) is 4.79 Å². The van der Waals surface area contributed by atoms with Crippen LogP contribution in [0.15, 0.2) is 22.9 Å². The molecule has 1 amide bonds. The van der Waals surface area contributed by atoms with Gasteiger partial charge >= 0.3 is 0 Å². The Labute approximate surface area is 113 Å². The van der Waals surface area contributed by atoms with Crippen molar-refractivity contribution in [2.75, 3.05) is 13.1 Å². The van der Waals surface area contributed by atoms with Crippen molar-refractivity contribution < 1.29 is 9.90 Å². The lowest BCUT2D eigenvalue weighted by atomic mass is 10.3. The summed E-state index contributed by atoms with van der Waals surface area (Å²) < 4.78 is 0. The lowest BCUT2D eigenvalue weighted by Gasteiger charge is -2.13. The number of likely N-dealkylation sites (tertiary alicyclic amines) is 1. The first-order chi connectivity index (χ1) is 8.74. The number of carbonyl (C=O) groups excluding carboxylic acids is 1. The number of nitrogens with zero attached hydrogens (tertiary/aromatic N) is 2. The molecule has 1 atom stereocenters. The van der Waals surface area contributed by atoms with Crippen molar-refractivity contribution >= 4 is 28.6 Å². The number of thiophene rings is 1. The van der Waals surface area contributed by atoms with E-state index in [1.54, 1.807) is 21.6 Å². The van der Waals surface area contributed by atoms with Crippen LogP contribution in [0.1, 0.15) is 16.9 Å². The van der Waals surface area contributed by atoms with E-state index >= 15 is 0 Å². The molecule has 2 aromatic rings. The van der Waals surface area contributed by atoms with Gasteiger partial charge in [0.25, 0.3) is 5.91 Å². The Bertz CT molecular complexity index is 550. The molecular weight excluding hydrogens is 268 g/mol. The number of hydrogen-bond donors (Lipinski definition) is 1. The van der Waals surface area contributed by atoms with Crippen molar-refractivity contribution in [1.82, 2.24) is 9.88 Å². The molecule has 1 fully saturated rings. The second-order valence-corrected chi connectivity index (χ2v) is 6.01. The minimum absolute atomic E-state index is 0.0781. The number of aromatic nitrogens is 1. The molecule has 3 rings (SSSR count). The van der Waals surface area contributed by atoms with Crippen LogP contribution in [0.5, 0.6) is 0 Å². The van der Waals surface area contributed by atoms with E-state index in [2.05, 4.69) is 4.98 Å². The standard InChI is InChI=1S/C12H12N2O2S2/c15-8-3-4-14(6-8)12(16)9-7-18-11(13-9)10-2-1-5-17-10/h1-2,5,7-8,15H,3-4,6H2. The zero-order valence-electron chi connectivity index (χ0n) is 9.57. The van der Waals surface area contributed by atoms with Crippen molar-refractivity contribution in [2.24, 2.45) is 0 Å². The second kappa shape index (κ2) is 4.79. The molecule has 1 aliphatic rings. The van der Waals surface area contributed by atoms with Crippen molar-refractivity contribution in [3.8, 4) is 9.88 Å². The highest BCUT2D eigenvalue weighted by Gasteiger charge is 2.26. The van der Waals surface area contributed by atoms with E-state index in [1.165, 1.54) is 11.3 Å². The van der Waals surface area contributed by atoms with Gasteiger partial charge in [0, 0.05) is 18.5 Å². The van der Waals surface area contributed by atoms with E-state index in [9.17, 15) is 9.90 Å². The van der Waals surface area contributed by atoms with Gasteiger partial charge in [-0.25, -0.2) is 4.98 Å². The summed E-state index contributed by atoms with van der Waals surface area (Å²) in [6.07, 6.45) is 0.276. The number of rotatable bonds is 2. The molecule has 1 N–H and O–H groups in total. The minimum Gasteiger partial charge on any atom is -0.391 e. The van der Waals surface area contributed by atoms with Gasteiger partial charge in [-0.15, -0.1) is 22.7 Å². The SMILES string of the molecule is O=C(c1csc(-c2cccs2)n1)N1CCC(O)C1. The van der Waals surface area contributed by atoms with Crippen molar-refractivity contribution in [1.29, 1.82) is 0 Å². The molecular formula is C12H12N2O2S2. The van der Waals surface area contributed by atoms with Gasteiger partial charge in [0.1, 0.15) is 10.7 Å². The van der Waals surface area contributed by atoms with E-state index < -0.39 is 0 Å². The molecule has 94 valence electrons. The minimum atomic E-state index is -0.385. The summed E-state index contributed by atoms with van der Waals surface area (Å²) in [5, 5.41) is 14.1. The maximum Gasteiger partial charge on any atom is 0.273 e. The van der Waals surface area contributed by atoms with Crippen LogP contribution in [0, 0.1) is 0 Å². The quantitative estimate of drug-likeness (QED) is 0.916. The van der Waals surface area contributed by atoms with Gasteiger partial charge in [-0.1, -0.05) is 6.07 Å². The molecule has 2 aromatic heterocycles. The zero-order chi connectivity index (χ0) is 12.5. The first-order valence-corrected chi connectivity index (χ1v) is 7.47. The first-order valence-electron chi connectivity index (χ1n) is 5.71. The molecule has 0 radical (unpaired) electrons. The van der Waals surface area contributed by atoms with Gasteiger partial charge < -0.3 is 10.0 Å². The van der Waals surface area contributed by atoms with E-state index in [0.717, 1.165) is 9.88 Å². The van der Waals surface area contributed by atoms with E-state index in [-0.39, 0.29) is 12.0 Å². The largest absolute Gasteiger partial charge is 0.391 e. The maximum atomic E-state index is 12.1. The van der Waals surface area contributed by atoms with Gasteiger partial charge in [-0.2, -0.15) is 0 Å². The Morgan fingerprint density at radius 1 is 1.50 bits per heavy atom. The number of hydrogen-bond acceptors (Lipinski definition) is 5. The fourth-order valence-electron chi connectivity index (χ4n) is 1.97. The van der Waals surface area contributed by atoms with E-state index in [0.29, 0.717) is 25.2 Å². The molecule has 1 aliphatic heterocycles. The van der Waals surface area contributed by atoms with Gasteiger partial charge in [0.05, 0.1) is 11.0 Å². The van der Waals surface area contributed by atoms with Gasteiger partial charge in [0.15, 0.2) is 0 Å². The lowest BCUT2D eigenvalue weighted by Crippen LogP contribution is -2.29. The molecule has 0 aliphatic carbocycles. The summed E-state index contributed by atoms with van der Waals surface area (Å²) in [4.78, 5) is 19.3. The third kappa shape index (κ3) is 2.19. The molecule has 0 saturated carbocycles. The fourth-order valence-corrected chi connectivity index (χ4v) is 3.58. The van der Waals surface area contributed by atoms with Crippen LogP contribution in [-0.2, 0) is 0 Å². The van der Waals surface area contributed by atoms with Crippen LogP contribution in [-0.4, -0.2) is 40.1 Å². The van der Waals surface area contributed by atoms with Crippen LogP contribution in [0.3, 0.4) is 0 Å². The highest BCUT2D eigenvalue weighted by Crippen LogP contribution is 2.28. The topological polar surface area (TPSA) is 53.4 Å². The smallest absolute Gasteiger partial charge is 0.273 e. The van der Waals surface area contributed by atoms with E-state index in [1.807, 2.05) is 17.5 Å². The monoisotopic (exact) mass is 280 g/mol. The predicted molar refractivity (Wildman–Crippen MR) is 72.0 cm³/mol. The normalized spacial score (nSPS) is 19.4. The second-order valence-electron chi connectivity index (χ2n) is 4.21. The summed E-state index contributed by atoms with van der Waals surface area (Å²) in [5.41, 5.74) is 0.484. The van der Waals surface area contributed by atoms with Crippen LogP contribution in [0.25, 0.3) is 9.88 Å². The summed E-state index contributed by atoms with van der Waals surface area (Å²) in [5.74, 6) is -0.0781. The number of β-amino-alcohol motifs (C(OH)–C–C–N with tert-alkyl or cyclic N) is 1. The highest BCUT2D eigenvalue weighted by molar-refractivity contribution is 7.20. The summed E-state index contributed by atoms with van der Waals surface area (Å²) in [7, 11) is 0. The molecule has 0 aromatic carbocycles. The average molecular weight is 280 g/mol. The molecule has 18 heavy (non-hydrogen) atoms. The first kappa shape index (κ1) is 11.8. The third-order valence-electron chi connectivity index (χ3n) is 2.91. The Morgan fingerprint density at radius 3 is 3.06 bits per heavy atom. The Morgan fingerprint density at radius 2 is 2.39 bits per heavy atom. The van der Waals surface area contributed by atoms with Crippen LogP contribution >= 0.6 is 22.7 Å². The Kier molecular flexibility index (Phi) is 3.15. The highest BCUT2D eigenvalue weighted by atomic mass is 32.1. The molecule has 4 nitrogen and oxygen atoms in total. The van der Waals surface area contributed by atoms with Gasteiger partial charge in [-0.05, 0) is 17.9 Å². The number of thiazole rings is 1. The van der Waals surface area contributed by atoms with Crippen molar-refractivity contribution in [3.63, 3.8) is 0 Å². The van der Waals surface area contributed by atoms with Crippen LogP contribution < -0.4 is 0 Å². The van der Waals surface area contributed by atoms with Crippen LogP contribution in [0.4, 0.5) is 0 Å². The van der Waals surface area contributed by atoms with Gasteiger partial charge in [0.2, 0.25) is 0 Å². The lowest BCUT2D eigenvalue weighted by molar-refractivity contribution is 0.0760. The molecule has 0 bridgehead atoms. The average Bonchev–Trinajstić information content (AvgIpc) is 3.09. The number of carbonyl (C=O) groups is 1. The van der Waals surface area contributed by atoms with Crippen molar-refractivity contribution in [2.45, 2.75) is 12.5 Å². The number of aliphatic hydroxyl groups excluding tert-OH is 1. The zero-order valence-corrected chi connectivity index (χ0v) is 11.2. The molecule has 1 saturated heterocycles. The molecule has 0 spiro atoms. The number of aliphatic hydroxyl groups is 1. The summed E-state index contributed by atoms with van der Waals surface area (Å²) >= 11 is 3.10. The van der Waals surface area contributed by atoms with Crippen molar-refractivity contribution in [3.05, 3.63) is 28.6 Å². The molecule has 6 heteroatoms. The summed E-state index contributed by atoms with van der Waals surface area (Å²) in [6.45, 7) is 1.04. The maximum absolute atomic E-state index is 12.1. The molecule has 3 heterocycles. The number of amides is 1. The Hall–Kier alpha value is -1.24. The Balaban J connectivity index is 1.79.